The average molecular weight is 536 g/mol. The maximum absolute atomic E-state index is 14.2. The highest BCUT2D eigenvalue weighted by molar-refractivity contribution is 6.45. The molecule has 0 radical (unpaired) electrons. The van der Waals surface area contributed by atoms with Gasteiger partial charge in [-0.25, -0.2) is 0 Å². The van der Waals surface area contributed by atoms with Crippen molar-refractivity contribution in [3.63, 3.8) is 0 Å². The predicted molar refractivity (Wildman–Crippen MR) is 156 cm³/mol. The standard InChI is InChI=1S/C34H33NO5/c1-5-29(36)34(30(37)6-2,31(38)22-23-35(7-3)8-4)33(40)28-17-13-12-16-27(28)32(39)26-20-18-25(19-21-26)24-14-10-9-11-15-24/h5-6,9-21H,1-2,7-8,22-23H2,3-4H3. The van der Waals surface area contributed by atoms with Gasteiger partial charge < -0.3 is 4.90 Å². The molecule has 0 unspecified atom stereocenters. The summed E-state index contributed by atoms with van der Waals surface area (Å²) in [7, 11) is 0. The SMILES string of the molecule is C=CC(=O)C(C(=O)C=C)(C(=O)CCN(CC)CC)C(=O)c1ccccc1C(=O)c1ccc(-c2ccccc2)cc1. The van der Waals surface area contributed by atoms with Crippen LogP contribution in [0.5, 0.6) is 0 Å². The topological polar surface area (TPSA) is 88.6 Å². The zero-order valence-corrected chi connectivity index (χ0v) is 22.9. The molecule has 0 atom stereocenters. The number of hydrogen-bond donors (Lipinski definition) is 0. The third kappa shape index (κ3) is 5.87. The van der Waals surface area contributed by atoms with Crippen LogP contribution < -0.4 is 0 Å². The first-order chi connectivity index (χ1) is 19.3. The Morgan fingerprint density at radius 3 is 1.73 bits per heavy atom. The van der Waals surface area contributed by atoms with Crippen LogP contribution in [0.4, 0.5) is 0 Å². The number of Topliss-reactive ketones (excluding diaryl/α,β-unsaturated/α-hetero) is 2. The molecule has 40 heavy (non-hydrogen) atoms. The molecule has 0 saturated carbocycles. The van der Waals surface area contributed by atoms with Crippen molar-refractivity contribution in [2.75, 3.05) is 19.6 Å². The van der Waals surface area contributed by atoms with Crippen molar-refractivity contribution in [3.8, 4) is 11.1 Å². The van der Waals surface area contributed by atoms with Crippen LogP contribution >= 0.6 is 0 Å². The van der Waals surface area contributed by atoms with Crippen molar-refractivity contribution in [2.45, 2.75) is 20.3 Å². The van der Waals surface area contributed by atoms with Gasteiger partial charge in [0.15, 0.2) is 28.9 Å². The van der Waals surface area contributed by atoms with Gasteiger partial charge in [0.05, 0.1) is 0 Å². The lowest BCUT2D eigenvalue weighted by atomic mass is 9.68. The maximum atomic E-state index is 14.2. The van der Waals surface area contributed by atoms with Crippen LogP contribution in [0.2, 0.25) is 0 Å². The minimum atomic E-state index is -2.70. The molecular formula is C34H33NO5. The van der Waals surface area contributed by atoms with E-state index in [0.717, 1.165) is 23.3 Å². The van der Waals surface area contributed by atoms with Crippen molar-refractivity contribution in [1.29, 1.82) is 0 Å². The Labute approximate surface area is 235 Å². The first-order valence-corrected chi connectivity index (χ1v) is 13.2. The molecule has 204 valence electrons. The van der Waals surface area contributed by atoms with Crippen LogP contribution in [0, 0.1) is 5.41 Å². The molecule has 0 fully saturated rings. The highest BCUT2D eigenvalue weighted by Gasteiger charge is 2.56. The van der Waals surface area contributed by atoms with Gasteiger partial charge >= 0.3 is 0 Å². The van der Waals surface area contributed by atoms with Crippen molar-refractivity contribution in [2.24, 2.45) is 5.41 Å². The molecule has 0 aliphatic heterocycles. The van der Waals surface area contributed by atoms with Crippen LogP contribution in [0.3, 0.4) is 0 Å². The maximum Gasteiger partial charge on any atom is 0.215 e. The van der Waals surface area contributed by atoms with Crippen molar-refractivity contribution in [1.82, 2.24) is 4.90 Å². The van der Waals surface area contributed by atoms with Gasteiger partial charge in [0.2, 0.25) is 5.41 Å². The molecule has 0 heterocycles. The van der Waals surface area contributed by atoms with E-state index in [0.29, 0.717) is 18.7 Å². The van der Waals surface area contributed by atoms with Gasteiger partial charge in [0.25, 0.3) is 0 Å². The number of rotatable bonds is 15. The molecule has 6 nitrogen and oxygen atoms in total. The Kier molecular flexibility index (Phi) is 10.1. The Morgan fingerprint density at radius 2 is 1.20 bits per heavy atom. The number of benzene rings is 3. The van der Waals surface area contributed by atoms with Gasteiger partial charge in [-0.2, -0.15) is 0 Å². The Morgan fingerprint density at radius 1 is 0.700 bits per heavy atom. The highest BCUT2D eigenvalue weighted by Crippen LogP contribution is 2.32. The molecule has 0 aliphatic carbocycles. The summed E-state index contributed by atoms with van der Waals surface area (Å²) in [6.45, 7) is 12.3. The normalized spacial score (nSPS) is 11.1. The summed E-state index contributed by atoms with van der Waals surface area (Å²) in [5.41, 5.74) is -0.715. The van der Waals surface area contributed by atoms with Gasteiger partial charge in [-0.15, -0.1) is 0 Å². The Hall–Kier alpha value is -4.55. The van der Waals surface area contributed by atoms with Gasteiger partial charge in [-0.1, -0.05) is 106 Å². The lowest BCUT2D eigenvalue weighted by molar-refractivity contribution is -0.141. The summed E-state index contributed by atoms with van der Waals surface area (Å²) in [6.07, 6.45) is 1.40. The van der Waals surface area contributed by atoms with E-state index in [1.54, 1.807) is 30.3 Å². The predicted octanol–water partition coefficient (Wildman–Crippen LogP) is 5.56. The fraction of sp³-hybridized carbons (Fsp3) is 0.206. The van der Waals surface area contributed by atoms with E-state index in [2.05, 4.69) is 13.2 Å². The number of hydrogen-bond acceptors (Lipinski definition) is 6. The zero-order valence-electron chi connectivity index (χ0n) is 22.9. The number of ketones is 5. The summed E-state index contributed by atoms with van der Waals surface area (Å²) in [5.74, 6) is -4.47. The molecule has 0 spiro atoms. The van der Waals surface area contributed by atoms with E-state index in [1.807, 2.05) is 49.1 Å². The largest absolute Gasteiger partial charge is 0.303 e. The molecule has 3 aromatic rings. The van der Waals surface area contributed by atoms with E-state index in [1.165, 1.54) is 18.2 Å². The fourth-order valence-corrected chi connectivity index (χ4v) is 4.72. The first-order valence-electron chi connectivity index (χ1n) is 13.2. The van der Waals surface area contributed by atoms with Crippen molar-refractivity contribution in [3.05, 3.63) is 121 Å². The van der Waals surface area contributed by atoms with Crippen LogP contribution in [0.25, 0.3) is 11.1 Å². The average Bonchev–Trinajstić information content (AvgIpc) is 3.01. The number of carbonyl (C=O) groups excluding carboxylic acids is 5. The molecule has 0 aromatic heterocycles. The van der Waals surface area contributed by atoms with Crippen molar-refractivity contribution >= 4 is 28.9 Å². The molecule has 0 aliphatic rings. The highest BCUT2D eigenvalue weighted by atomic mass is 16.2. The van der Waals surface area contributed by atoms with Crippen LogP contribution in [-0.2, 0) is 14.4 Å². The number of nitrogens with zero attached hydrogens (tertiary/aromatic N) is 1. The summed E-state index contributed by atoms with van der Waals surface area (Å²) in [5, 5.41) is 0. The fourth-order valence-electron chi connectivity index (χ4n) is 4.72. The second-order valence-electron chi connectivity index (χ2n) is 9.23. The molecule has 0 amide bonds. The van der Waals surface area contributed by atoms with Crippen LogP contribution in [0.15, 0.2) is 104 Å². The zero-order chi connectivity index (χ0) is 29.3. The van der Waals surface area contributed by atoms with Crippen molar-refractivity contribution < 1.29 is 24.0 Å². The molecule has 3 aromatic carbocycles. The van der Waals surface area contributed by atoms with E-state index in [4.69, 9.17) is 0 Å². The third-order valence-electron chi connectivity index (χ3n) is 7.09. The minimum absolute atomic E-state index is 0.0189. The Balaban J connectivity index is 2.08. The summed E-state index contributed by atoms with van der Waals surface area (Å²) in [4.78, 5) is 70.0. The molecule has 0 N–H and O–H groups in total. The minimum Gasteiger partial charge on any atom is -0.303 e. The third-order valence-corrected chi connectivity index (χ3v) is 7.09. The molecule has 0 bridgehead atoms. The molecular weight excluding hydrogens is 502 g/mol. The van der Waals surface area contributed by atoms with Gasteiger partial charge in [0, 0.05) is 29.7 Å². The quantitative estimate of drug-likeness (QED) is 0.144. The number of allylic oxidation sites excluding steroid dienone is 2. The first kappa shape index (κ1) is 30.0. The lowest BCUT2D eigenvalue weighted by Crippen LogP contribution is -2.52. The summed E-state index contributed by atoms with van der Waals surface area (Å²) in [6, 6.07) is 22.5. The molecule has 3 rings (SSSR count). The van der Waals surface area contributed by atoms with E-state index in [9.17, 15) is 24.0 Å². The van der Waals surface area contributed by atoms with Gasteiger partial charge in [-0.3, -0.25) is 24.0 Å². The van der Waals surface area contributed by atoms with Gasteiger partial charge in [-0.05, 0) is 36.4 Å². The molecule has 6 heteroatoms. The van der Waals surface area contributed by atoms with Crippen LogP contribution in [0.1, 0.15) is 46.5 Å². The summed E-state index contributed by atoms with van der Waals surface area (Å²) < 4.78 is 0. The van der Waals surface area contributed by atoms with E-state index in [-0.39, 0.29) is 24.1 Å². The van der Waals surface area contributed by atoms with E-state index >= 15 is 0 Å². The lowest BCUT2D eigenvalue weighted by Gasteiger charge is -2.28. The second kappa shape index (κ2) is 13.5. The van der Waals surface area contributed by atoms with E-state index < -0.39 is 34.3 Å². The summed E-state index contributed by atoms with van der Waals surface area (Å²) >= 11 is 0. The smallest absolute Gasteiger partial charge is 0.215 e. The van der Waals surface area contributed by atoms with Crippen LogP contribution in [-0.4, -0.2) is 53.5 Å². The second-order valence-corrected chi connectivity index (χ2v) is 9.23. The Bertz CT molecular complexity index is 1410. The monoisotopic (exact) mass is 535 g/mol. The molecule has 0 saturated heterocycles. The van der Waals surface area contributed by atoms with Gasteiger partial charge in [0.1, 0.15) is 0 Å². The number of carbonyl (C=O) groups is 5.